The second kappa shape index (κ2) is 8.00. The van der Waals surface area contributed by atoms with Crippen LogP contribution in [0.25, 0.3) is 0 Å². The minimum Gasteiger partial charge on any atom is -0.371 e. The van der Waals surface area contributed by atoms with Gasteiger partial charge < -0.3 is 21.7 Å². The lowest BCUT2D eigenvalue weighted by molar-refractivity contribution is -0.117. The van der Waals surface area contributed by atoms with E-state index in [-0.39, 0.29) is 18.3 Å². The number of primary amides is 1. The first kappa shape index (κ1) is 18.3. The quantitative estimate of drug-likeness (QED) is 0.780. The number of carbonyl (C=O) groups excluding carboxylic acids is 2. The fraction of sp³-hybridized carbons (Fsp3) is 0.467. The number of piperidine rings is 1. The predicted molar refractivity (Wildman–Crippen MR) is 90.6 cm³/mol. The summed E-state index contributed by atoms with van der Waals surface area (Å²) in [6.45, 7) is 3.41. The molecule has 1 atom stereocenters. The van der Waals surface area contributed by atoms with Crippen molar-refractivity contribution in [2.24, 2.45) is 11.5 Å². The van der Waals surface area contributed by atoms with E-state index < -0.39 is 11.9 Å². The maximum Gasteiger partial charge on any atom is 0.250 e. The highest BCUT2D eigenvalue weighted by Gasteiger charge is 2.18. The van der Waals surface area contributed by atoms with Crippen LogP contribution in [0, 0.1) is 0 Å². The van der Waals surface area contributed by atoms with Crippen molar-refractivity contribution in [2.75, 3.05) is 23.3 Å². The summed E-state index contributed by atoms with van der Waals surface area (Å²) in [5.74, 6) is -0.716. The highest BCUT2D eigenvalue weighted by atomic mass is 35.5. The molecule has 2 rings (SSSR count). The molecular weight excluding hydrogens is 304 g/mol. The topological polar surface area (TPSA) is 101 Å². The van der Waals surface area contributed by atoms with Crippen LogP contribution in [0.3, 0.4) is 0 Å². The first-order valence-electron chi connectivity index (χ1n) is 7.24. The molecule has 6 nitrogen and oxygen atoms in total. The molecule has 7 heteroatoms. The van der Waals surface area contributed by atoms with E-state index in [1.807, 2.05) is 0 Å². The number of anilines is 2. The molecule has 1 aliphatic heterocycles. The molecule has 0 bridgehead atoms. The third-order valence-corrected chi connectivity index (χ3v) is 3.64. The number of carbonyl (C=O) groups is 2. The molecule has 1 fully saturated rings. The number of hydrogen-bond acceptors (Lipinski definition) is 4. The fourth-order valence-corrected chi connectivity index (χ4v) is 2.47. The van der Waals surface area contributed by atoms with Crippen molar-refractivity contribution in [3.63, 3.8) is 0 Å². The average molecular weight is 327 g/mol. The molecule has 2 amide bonds. The number of rotatable bonds is 4. The molecule has 0 spiro atoms. The van der Waals surface area contributed by atoms with Crippen LogP contribution in [-0.2, 0) is 4.79 Å². The molecule has 1 aliphatic rings. The lowest BCUT2D eigenvalue weighted by Gasteiger charge is -2.30. The average Bonchev–Trinajstić information content (AvgIpc) is 2.47. The molecule has 1 heterocycles. The zero-order valence-electron chi connectivity index (χ0n) is 12.7. The molecule has 5 N–H and O–H groups in total. The molecule has 1 aromatic carbocycles. The van der Waals surface area contributed by atoms with E-state index >= 15 is 0 Å². The Labute approximate surface area is 136 Å². The fourth-order valence-electron chi connectivity index (χ4n) is 2.47. The lowest BCUT2D eigenvalue weighted by atomic mass is 10.1. The Hall–Kier alpha value is -1.79. The molecule has 0 unspecified atom stereocenters. The molecule has 0 aliphatic carbocycles. The van der Waals surface area contributed by atoms with E-state index in [9.17, 15) is 9.59 Å². The zero-order valence-corrected chi connectivity index (χ0v) is 13.5. The second-order valence-electron chi connectivity index (χ2n) is 5.42. The maximum absolute atomic E-state index is 11.7. The van der Waals surface area contributed by atoms with Crippen LogP contribution in [0.4, 0.5) is 11.4 Å². The van der Waals surface area contributed by atoms with Gasteiger partial charge >= 0.3 is 0 Å². The van der Waals surface area contributed by atoms with Crippen molar-refractivity contribution < 1.29 is 9.59 Å². The van der Waals surface area contributed by atoms with Gasteiger partial charge in [-0.25, -0.2) is 0 Å². The molecule has 0 aromatic heterocycles. The smallest absolute Gasteiger partial charge is 0.250 e. The summed E-state index contributed by atoms with van der Waals surface area (Å²) in [7, 11) is 0. The van der Waals surface area contributed by atoms with Gasteiger partial charge in [0.1, 0.15) is 0 Å². The van der Waals surface area contributed by atoms with Crippen LogP contribution in [0.2, 0.25) is 0 Å². The summed E-state index contributed by atoms with van der Waals surface area (Å²) in [6.07, 6.45) is 3.38. The molecule has 122 valence electrons. The monoisotopic (exact) mass is 326 g/mol. The minimum absolute atomic E-state index is 0. The third kappa shape index (κ3) is 4.35. The Morgan fingerprint density at radius 3 is 2.41 bits per heavy atom. The number of hydrogen-bond donors (Lipinski definition) is 3. The standard InChI is InChI=1S/C15H22N4O2.ClH/c1-10(16)15(21)18-11-5-6-12(14(17)20)13(9-11)19-7-3-2-4-8-19;/h5-6,9-10H,2-4,7-8,16H2,1H3,(H2,17,20)(H,18,21);1H/t10-;/m0./s1. The van der Waals surface area contributed by atoms with Crippen molar-refractivity contribution in [1.82, 2.24) is 0 Å². The van der Waals surface area contributed by atoms with E-state index in [4.69, 9.17) is 11.5 Å². The van der Waals surface area contributed by atoms with E-state index in [0.29, 0.717) is 11.3 Å². The van der Waals surface area contributed by atoms with Crippen molar-refractivity contribution in [3.05, 3.63) is 23.8 Å². The Bertz CT molecular complexity index is 542. The Balaban J connectivity index is 0.00000242. The Morgan fingerprint density at radius 1 is 1.23 bits per heavy atom. The van der Waals surface area contributed by atoms with Crippen molar-refractivity contribution in [1.29, 1.82) is 0 Å². The molecular formula is C15H23ClN4O2. The predicted octanol–water partition coefficient (Wildman–Crippen LogP) is 1.48. The van der Waals surface area contributed by atoms with Crippen LogP contribution in [0.5, 0.6) is 0 Å². The lowest BCUT2D eigenvalue weighted by Crippen LogP contribution is -2.33. The van der Waals surface area contributed by atoms with Gasteiger partial charge in [-0.1, -0.05) is 0 Å². The SMILES string of the molecule is C[C@H](N)C(=O)Nc1ccc(C(N)=O)c(N2CCCCC2)c1.Cl. The van der Waals surface area contributed by atoms with Crippen molar-refractivity contribution in [3.8, 4) is 0 Å². The van der Waals surface area contributed by atoms with E-state index in [1.54, 1.807) is 25.1 Å². The van der Waals surface area contributed by atoms with Gasteiger partial charge in [0, 0.05) is 18.8 Å². The number of nitrogens with two attached hydrogens (primary N) is 2. The van der Waals surface area contributed by atoms with E-state index in [0.717, 1.165) is 31.6 Å². The summed E-state index contributed by atoms with van der Waals surface area (Å²) in [6, 6.07) is 4.54. The molecule has 0 radical (unpaired) electrons. The molecule has 1 saturated heterocycles. The van der Waals surface area contributed by atoms with Crippen LogP contribution < -0.4 is 21.7 Å². The second-order valence-corrected chi connectivity index (χ2v) is 5.42. The van der Waals surface area contributed by atoms with E-state index in [1.165, 1.54) is 6.42 Å². The summed E-state index contributed by atoms with van der Waals surface area (Å²) in [5, 5.41) is 2.74. The van der Waals surface area contributed by atoms with Gasteiger partial charge in [0.15, 0.2) is 0 Å². The van der Waals surface area contributed by atoms with Gasteiger partial charge in [0.25, 0.3) is 5.91 Å². The van der Waals surface area contributed by atoms with Crippen LogP contribution in [0.1, 0.15) is 36.5 Å². The summed E-state index contributed by atoms with van der Waals surface area (Å²) >= 11 is 0. The number of nitrogens with zero attached hydrogens (tertiary/aromatic N) is 1. The van der Waals surface area contributed by atoms with Gasteiger partial charge in [-0.05, 0) is 44.4 Å². The first-order valence-corrected chi connectivity index (χ1v) is 7.24. The largest absolute Gasteiger partial charge is 0.371 e. The van der Waals surface area contributed by atoms with Gasteiger partial charge in [-0.15, -0.1) is 12.4 Å². The van der Waals surface area contributed by atoms with Crippen molar-refractivity contribution in [2.45, 2.75) is 32.2 Å². The van der Waals surface area contributed by atoms with Crippen molar-refractivity contribution >= 4 is 35.6 Å². The summed E-state index contributed by atoms with van der Waals surface area (Å²) < 4.78 is 0. The first-order chi connectivity index (χ1) is 9.99. The maximum atomic E-state index is 11.7. The Morgan fingerprint density at radius 2 is 1.86 bits per heavy atom. The van der Waals surface area contributed by atoms with Gasteiger partial charge in [-0.3, -0.25) is 9.59 Å². The van der Waals surface area contributed by atoms with Crippen LogP contribution in [0.15, 0.2) is 18.2 Å². The zero-order chi connectivity index (χ0) is 15.4. The summed E-state index contributed by atoms with van der Waals surface area (Å²) in [5.41, 5.74) is 12.9. The number of nitrogens with one attached hydrogen (secondary N) is 1. The van der Waals surface area contributed by atoms with E-state index in [2.05, 4.69) is 10.2 Å². The molecule has 0 saturated carbocycles. The minimum atomic E-state index is -0.584. The Kier molecular flexibility index (Phi) is 6.64. The highest BCUT2D eigenvalue weighted by Crippen LogP contribution is 2.27. The number of amides is 2. The normalized spacial score (nSPS) is 15.6. The third-order valence-electron chi connectivity index (χ3n) is 3.64. The van der Waals surface area contributed by atoms with Crippen LogP contribution in [-0.4, -0.2) is 30.9 Å². The highest BCUT2D eigenvalue weighted by molar-refractivity contribution is 6.01. The number of benzene rings is 1. The summed E-state index contributed by atoms with van der Waals surface area (Å²) in [4.78, 5) is 25.4. The van der Waals surface area contributed by atoms with Crippen LogP contribution >= 0.6 is 12.4 Å². The van der Waals surface area contributed by atoms with Gasteiger partial charge in [-0.2, -0.15) is 0 Å². The molecule has 22 heavy (non-hydrogen) atoms. The van der Waals surface area contributed by atoms with Gasteiger partial charge in [0.05, 0.1) is 17.3 Å². The van der Waals surface area contributed by atoms with Gasteiger partial charge in [0.2, 0.25) is 5.91 Å². The number of halogens is 1. The molecule has 1 aromatic rings.